The monoisotopic (exact) mass is 337 g/mol. The molecule has 0 radical (unpaired) electrons. The van der Waals surface area contributed by atoms with Gasteiger partial charge in [0.05, 0.1) is 26.4 Å². The summed E-state index contributed by atoms with van der Waals surface area (Å²) in [6.45, 7) is 7.27. The molecule has 7 heteroatoms. The van der Waals surface area contributed by atoms with Gasteiger partial charge in [-0.05, 0) is 32.0 Å². The number of amides is 1. The van der Waals surface area contributed by atoms with Gasteiger partial charge in [0, 0.05) is 5.56 Å². The van der Waals surface area contributed by atoms with Crippen LogP contribution in [-0.2, 0) is 9.53 Å². The Balaban J connectivity index is 2.85. The van der Waals surface area contributed by atoms with Crippen molar-refractivity contribution in [3.63, 3.8) is 0 Å². The summed E-state index contributed by atoms with van der Waals surface area (Å²) in [7, 11) is 1.47. The molecule has 1 atom stereocenters. The molecule has 1 amide bonds. The second-order valence-corrected chi connectivity index (χ2v) is 5.22. The van der Waals surface area contributed by atoms with Crippen molar-refractivity contribution in [3.05, 3.63) is 36.4 Å². The van der Waals surface area contributed by atoms with Gasteiger partial charge in [-0.2, -0.15) is 0 Å². The number of methoxy groups -OCH3 is 1. The topological polar surface area (TPSA) is 94.1 Å². The van der Waals surface area contributed by atoms with Gasteiger partial charge in [-0.15, -0.1) is 6.58 Å². The van der Waals surface area contributed by atoms with Crippen LogP contribution in [0, 0.1) is 0 Å². The van der Waals surface area contributed by atoms with Crippen LogP contribution in [0.3, 0.4) is 0 Å². The summed E-state index contributed by atoms with van der Waals surface area (Å²) in [5.74, 6) is -0.822. The molecule has 0 aliphatic carbocycles. The Morgan fingerprint density at radius 1 is 1.33 bits per heavy atom. The standard InChI is InChI=1S/C17H23NO6/c1-5-8-23-10-13(17(20)21)18-16(19)12-6-7-14(24-11(2)3)15(9-12)22-4/h5-7,9,11,13H,1,8,10H2,2-4H3,(H,18,19)(H,20,21). The quantitative estimate of drug-likeness (QED) is 0.500. The van der Waals surface area contributed by atoms with E-state index < -0.39 is 17.9 Å². The largest absolute Gasteiger partial charge is 0.493 e. The lowest BCUT2D eigenvalue weighted by Crippen LogP contribution is -2.44. The number of carboxylic acids is 1. The van der Waals surface area contributed by atoms with Gasteiger partial charge < -0.3 is 24.6 Å². The predicted molar refractivity (Wildman–Crippen MR) is 88.7 cm³/mol. The van der Waals surface area contributed by atoms with Crippen LogP contribution in [0.1, 0.15) is 24.2 Å². The van der Waals surface area contributed by atoms with E-state index in [4.69, 9.17) is 19.3 Å². The number of carbonyl (C=O) groups is 2. The van der Waals surface area contributed by atoms with Crippen molar-refractivity contribution in [2.24, 2.45) is 0 Å². The van der Waals surface area contributed by atoms with Crippen LogP contribution in [0.25, 0.3) is 0 Å². The summed E-state index contributed by atoms with van der Waals surface area (Å²) < 4.78 is 15.9. The molecule has 0 fully saturated rings. The third kappa shape index (κ3) is 5.92. The molecule has 132 valence electrons. The minimum absolute atomic E-state index is 0.0445. The molecule has 7 nitrogen and oxygen atoms in total. The summed E-state index contributed by atoms with van der Waals surface area (Å²) in [6.07, 6.45) is 1.45. The van der Waals surface area contributed by atoms with E-state index in [2.05, 4.69) is 11.9 Å². The molecule has 0 bridgehead atoms. The smallest absolute Gasteiger partial charge is 0.328 e. The van der Waals surface area contributed by atoms with Crippen LogP contribution in [0.15, 0.2) is 30.9 Å². The molecule has 1 aromatic carbocycles. The summed E-state index contributed by atoms with van der Waals surface area (Å²) >= 11 is 0. The molecule has 0 saturated carbocycles. The van der Waals surface area contributed by atoms with Crippen LogP contribution in [0.5, 0.6) is 11.5 Å². The molecule has 1 aromatic rings. The number of hydrogen-bond acceptors (Lipinski definition) is 5. The van der Waals surface area contributed by atoms with E-state index in [0.717, 1.165) is 0 Å². The van der Waals surface area contributed by atoms with E-state index in [-0.39, 0.29) is 24.9 Å². The van der Waals surface area contributed by atoms with Gasteiger partial charge in [0.25, 0.3) is 5.91 Å². The zero-order chi connectivity index (χ0) is 18.1. The highest BCUT2D eigenvalue weighted by Gasteiger charge is 2.21. The third-order valence-electron chi connectivity index (χ3n) is 2.91. The molecular formula is C17H23NO6. The van der Waals surface area contributed by atoms with Crippen molar-refractivity contribution in [2.45, 2.75) is 26.0 Å². The fourth-order valence-electron chi connectivity index (χ4n) is 1.85. The van der Waals surface area contributed by atoms with Crippen molar-refractivity contribution in [3.8, 4) is 11.5 Å². The first-order valence-electron chi connectivity index (χ1n) is 7.46. The lowest BCUT2D eigenvalue weighted by molar-refractivity contribution is -0.140. The van der Waals surface area contributed by atoms with Crippen LogP contribution in [0.4, 0.5) is 0 Å². The highest BCUT2D eigenvalue weighted by Crippen LogP contribution is 2.28. The Labute approximate surface area is 141 Å². The van der Waals surface area contributed by atoms with Crippen molar-refractivity contribution >= 4 is 11.9 Å². The third-order valence-corrected chi connectivity index (χ3v) is 2.91. The normalized spacial score (nSPS) is 11.7. The summed E-state index contributed by atoms with van der Waals surface area (Å²) in [5, 5.41) is 11.6. The molecule has 0 aromatic heterocycles. The number of rotatable bonds is 10. The Morgan fingerprint density at radius 3 is 2.58 bits per heavy atom. The van der Waals surface area contributed by atoms with Crippen molar-refractivity contribution in [1.82, 2.24) is 5.32 Å². The van der Waals surface area contributed by atoms with E-state index in [1.165, 1.54) is 19.3 Å². The van der Waals surface area contributed by atoms with E-state index in [1.807, 2.05) is 13.8 Å². The summed E-state index contributed by atoms with van der Waals surface area (Å²) in [5.41, 5.74) is 0.262. The number of ether oxygens (including phenoxy) is 3. The number of hydrogen-bond donors (Lipinski definition) is 2. The van der Waals surface area contributed by atoms with Gasteiger partial charge in [0.15, 0.2) is 17.5 Å². The van der Waals surface area contributed by atoms with Gasteiger partial charge in [0.2, 0.25) is 0 Å². The van der Waals surface area contributed by atoms with Gasteiger partial charge >= 0.3 is 5.97 Å². The number of benzene rings is 1. The van der Waals surface area contributed by atoms with Gasteiger partial charge in [-0.25, -0.2) is 4.79 Å². The summed E-state index contributed by atoms with van der Waals surface area (Å²) in [4.78, 5) is 23.4. The molecular weight excluding hydrogens is 314 g/mol. The SMILES string of the molecule is C=CCOCC(NC(=O)c1ccc(OC(C)C)c(OC)c1)C(=O)O. The second-order valence-electron chi connectivity index (χ2n) is 5.22. The van der Waals surface area contributed by atoms with Gasteiger partial charge in [-0.3, -0.25) is 4.79 Å². The van der Waals surface area contributed by atoms with Gasteiger partial charge in [0.1, 0.15) is 0 Å². The van der Waals surface area contributed by atoms with Crippen LogP contribution in [-0.4, -0.2) is 49.5 Å². The average molecular weight is 337 g/mol. The molecule has 0 aliphatic heterocycles. The second kappa shape index (κ2) is 9.57. The fraction of sp³-hybridized carbons (Fsp3) is 0.412. The predicted octanol–water partition coefficient (Wildman–Crippen LogP) is 1.87. The Kier molecular flexibility index (Phi) is 7.77. The van der Waals surface area contributed by atoms with Gasteiger partial charge in [-0.1, -0.05) is 6.08 Å². The maximum absolute atomic E-state index is 12.2. The molecule has 0 spiro atoms. The first-order chi connectivity index (χ1) is 11.4. The van der Waals surface area contributed by atoms with E-state index in [1.54, 1.807) is 12.1 Å². The van der Waals surface area contributed by atoms with E-state index >= 15 is 0 Å². The number of carboxylic acid groups (broad SMARTS) is 1. The van der Waals surface area contributed by atoms with Crippen molar-refractivity contribution in [1.29, 1.82) is 0 Å². The van der Waals surface area contributed by atoms with Crippen LogP contribution < -0.4 is 14.8 Å². The number of nitrogens with one attached hydrogen (secondary N) is 1. The highest BCUT2D eigenvalue weighted by molar-refractivity contribution is 5.97. The van der Waals surface area contributed by atoms with E-state index in [0.29, 0.717) is 11.5 Å². The molecule has 1 rings (SSSR count). The number of carbonyl (C=O) groups excluding carboxylic acids is 1. The van der Waals surface area contributed by atoms with Crippen molar-refractivity contribution in [2.75, 3.05) is 20.3 Å². The number of aliphatic carboxylic acids is 1. The zero-order valence-corrected chi connectivity index (χ0v) is 14.1. The molecule has 2 N–H and O–H groups in total. The molecule has 1 unspecified atom stereocenters. The zero-order valence-electron chi connectivity index (χ0n) is 14.1. The minimum Gasteiger partial charge on any atom is -0.493 e. The van der Waals surface area contributed by atoms with Crippen LogP contribution in [0.2, 0.25) is 0 Å². The Bertz CT molecular complexity index is 584. The average Bonchev–Trinajstić information content (AvgIpc) is 2.53. The molecule has 24 heavy (non-hydrogen) atoms. The molecule has 0 saturated heterocycles. The Hall–Kier alpha value is -2.54. The first kappa shape index (κ1) is 19.5. The summed E-state index contributed by atoms with van der Waals surface area (Å²) in [6, 6.07) is 3.49. The molecule has 0 aliphatic rings. The molecule has 0 heterocycles. The maximum Gasteiger partial charge on any atom is 0.328 e. The minimum atomic E-state index is -1.18. The fourth-order valence-corrected chi connectivity index (χ4v) is 1.85. The first-order valence-corrected chi connectivity index (χ1v) is 7.46. The lowest BCUT2D eigenvalue weighted by Gasteiger charge is -2.16. The van der Waals surface area contributed by atoms with Crippen LogP contribution >= 0.6 is 0 Å². The highest BCUT2D eigenvalue weighted by atomic mass is 16.5. The van der Waals surface area contributed by atoms with E-state index in [9.17, 15) is 9.59 Å². The van der Waals surface area contributed by atoms with Crippen molar-refractivity contribution < 1.29 is 28.9 Å². The Morgan fingerprint density at radius 2 is 2.04 bits per heavy atom. The lowest BCUT2D eigenvalue weighted by atomic mass is 10.1. The maximum atomic E-state index is 12.2.